The van der Waals surface area contributed by atoms with Crippen LogP contribution in [-0.4, -0.2) is 23.7 Å². The Kier molecular flexibility index (Phi) is 5.88. The molecule has 0 heterocycles. The number of rotatable bonds is 4. The van der Waals surface area contributed by atoms with E-state index in [2.05, 4.69) is 21.2 Å². The van der Waals surface area contributed by atoms with Crippen molar-refractivity contribution in [2.24, 2.45) is 0 Å². The van der Waals surface area contributed by atoms with E-state index >= 15 is 0 Å². The molecule has 1 rings (SSSR count). The van der Waals surface area contributed by atoms with Crippen molar-refractivity contribution in [3.63, 3.8) is 0 Å². The molecule has 1 N–H and O–H groups in total. The number of benzene rings is 1. The van der Waals surface area contributed by atoms with Crippen LogP contribution in [-0.2, 0) is 9.59 Å². The molecule has 20 heavy (non-hydrogen) atoms. The summed E-state index contributed by atoms with van der Waals surface area (Å²) in [4.78, 5) is 34.9. The first-order valence-electron chi connectivity index (χ1n) is 6.20. The van der Waals surface area contributed by atoms with Crippen LogP contribution in [0.1, 0.15) is 37.6 Å². The number of amides is 1. The van der Waals surface area contributed by atoms with Crippen molar-refractivity contribution < 1.29 is 19.1 Å². The predicted octanol–water partition coefficient (Wildman–Crippen LogP) is 2.47. The highest BCUT2D eigenvalue weighted by Gasteiger charge is 2.20. The number of nitrogens with one attached hydrogen (secondary N) is 1. The van der Waals surface area contributed by atoms with Crippen molar-refractivity contribution in [3.05, 3.63) is 28.2 Å². The number of carbonyl (C=O) groups is 3. The normalized spacial score (nSPS) is 10.2. The average Bonchev–Trinajstić information content (AvgIpc) is 2.37. The van der Waals surface area contributed by atoms with E-state index in [1.54, 1.807) is 32.9 Å². The van der Waals surface area contributed by atoms with Gasteiger partial charge < -0.3 is 10.1 Å². The maximum atomic E-state index is 11.8. The van der Waals surface area contributed by atoms with Crippen molar-refractivity contribution in [1.82, 2.24) is 5.32 Å². The molecule has 1 amide bonds. The molecule has 0 unspecified atom stereocenters. The van der Waals surface area contributed by atoms with Crippen LogP contribution in [0.4, 0.5) is 0 Å². The van der Waals surface area contributed by atoms with E-state index in [0.717, 1.165) is 0 Å². The Bertz CT molecular complexity index is 540. The standard InChI is InChI=1S/C14H16BrNO4/c1-4-11(17)10-6-5-9(15)7-12(10)20-14(19)13(18)16-8(2)3/h5-8H,4H2,1-3H3,(H,16,18). The van der Waals surface area contributed by atoms with Crippen LogP contribution in [0.25, 0.3) is 0 Å². The molecular weight excluding hydrogens is 326 g/mol. The van der Waals surface area contributed by atoms with Gasteiger partial charge in [0.2, 0.25) is 0 Å². The minimum absolute atomic E-state index is 0.0788. The molecule has 0 bridgehead atoms. The minimum atomic E-state index is -1.04. The van der Waals surface area contributed by atoms with Gasteiger partial charge in [-0.1, -0.05) is 22.9 Å². The summed E-state index contributed by atoms with van der Waals surface area (Å²) >= 11 is 3.23. The van der Waals surface area contributed by atoms with Gasteiger partial charge in [-0.05, 0) is 32.0 Å². The molecule has 0 radical (unpaired) electrons. The van der Waals surface area contributed by atoms with Gasteiger partial charge in [0.05, 0.1) is 5.56 Å². The SMILES string of the molecule is CCC(=O)c1ccc(Br)cc1OC(=O)C(=O)NC(C)C. The van der Waals surface area contributed by atoms with Crippen LogP contribution in [0.5, 0.6) is 5.75 Å². The van der Waals surface area contributed by atoms with E-state index in [4.69, 9.17) is 4.74 Å². The van der Waals surface area contributed by atoms with Gasteiger partial charge in [0.1, 0.15) is 5.75 Å². The Morgan fingerprint density at radius 2 is 1.95 bits per heavy atom. The Labute approximate surface area is 125 Å². The van der Waals surface area contributed by atoms with Crippen molar-refractivity contribution >= 4 is 33.6 Å². The Morgan fingerprint density at radius 1 is 1.30 bits per heavy atom. The summed E-state index contributed by atoms with van der Waals surface area (Å²) in [6, 6.07) is 4.55. The molecule has 6 heteroatoms. The molecule has 0 saturated carbocycles. The lowest BCUT2D eigenvalue weighted by atomic mass is 10.1. The second-order valence-electron chi connectivity index (χ2n) is 4.43. The minimum Gasteiger partial charge on any atom is -0.419 e. The highest BCUT2D eigenvalue weighted by atomic mass is 79.9. The first-order chi connectivity index (χ1) is 9.35. The number of carbonyl (C=O) groups excluding carboxylic acids is 3. The first-order valence-corrected chi connectivity index (χ1v) is 6.99. The summed E-state index contributed by atoms with van der Waals surface area (Å²) in [7, 11) is 0. The molecule has 1 aromatic rings. The second kappa shape index (κ2) is 7.19. The van der Waals surface area contributed by atoms with E-state index in [-0.39, 0.29) is 29.6 Å². The zero-order valence-electron chi connectivity index (χ0n) is 11.5. The number of ketones is 1. The summed E-state index contributed by atoms with van der Waals surface area (Å²) in [5, 5.41) is 2.43. The van der Waals surface area contributed by atoms with Gasteiger partial charge in [-0.2, -0.15) is 0 Å². The molecule has 0 aliphatic rings. The van der Waals surface area contributed by atoms with Crippen LogP contribution in [0.15, 0.2) is 22.7 Å². The zero-order valence-corrected chi connectivity index (χ0v) is 13.1. The number of Topliss-reactive ketones (excluding diaryl/α,β-unsaturated/α-hetero) is 1. The van der Waals surface area contributed by atoms with Gasteiger partial charge in [-0.25, -0.2) is 4.79 Å². The van der Waals surface area contributed by atoms with Crippen LogP contribution in [0.3, 0.4) is 0 Å². The molecule has 0 aromatic heterocycles. The van der Waals surface area contributed by atoms with E-state index in [0.29, 0.717) is 4.47 Å². The van der Waals surface area contributed by atoms with E-state index in [1.807, 2.05) is 0 Å². The van der Waals surface area contributed by atoms with Gasteiger partial charge >= 0.3 is 11.9 Å². The number of ether oxygens (including phenoxy) is 1. The predicted molar refractivity (Wildman–Crippen MR) is 77.7 cm³/mol. The first kappa shape index (κ1) is 16.4. The summed E-state index contributed by atoms with van der Waals surface area (Å²) in [6.07, 6.45) is 0.282. The van der Waals surface area contributed by atoms with E-state index in [9.17, 15) is 14.4 Å². The second-order valence-corrected chi connectivity index (χ2v) is 5.35. The van der Waals surface area contributed by atoms with Gasteiger partial charge in [-0.15, -0.1) is 0 Å². The van der Waals surface area contributed by atoms with Gasteiger partial charge in [0.15, 0.2) is 5.78 Å². The molecule has 0 atom stereocenters. The van der Waals surface area contributed by atoms with Crippen molar-refractivity contribution in [2.75, 3.05) is 0 Å². The molecule has 0 saturated heterocycles. The van der Waals surface area contributed by atoms with Gasteiger partial charge in [0, 0.05) is 16.9 Å². The average molecular weight is 342 g/mol. The summed E-state index contributed by atoms with van der Waals surface area (Å²) in [6.45, 7) is 5.17. The number of hydrogen-bond donors (Lipinski definition) is 1. The van der Waals surface area contributed by atoms with E-state index in [1.165, 1.54) is 6.07 Å². The summed E-state index contributed by atoms with van der Waals surface area (Å²) < 4.78 is 5.66. The third-order valence-corrected chi connectivity index (χ3v) is 2.87. The number of hydrogen-bond acceptors (Lipinski definition) is 4. The van der Waals surface area contributed by atoms with Crippen LogP contribution < -0.4 is 10.1 Å². The third kappa shape index (κ3) is 4.45. The quantitative estimate of drug-likeness (QED) is 0.395. The van der Waals surface area contributed by atoms with Crippen molar-refractivity contribution in [1.29, 1.82) is 0 Å². The molecule has 0 spiro atoms. The van der Waals surface area contributed by atoms with Crippen molar-refractivity contribution in [2.45, 2.75) is 33.2 Å². The summed E-state index contributed by atoms with van der Waals surface area (Å²) in [5.41, 5.74) is 0.279. The zero-order chi connectivity index (χ0) is 15.3. The maximum absolute atomic E-state index is 11.8. The Balaban J connectivity index is 2.96. The molecule has 1 aromatic carbocycles. The molecule has 0 fully saturated rings. The fraction of sp³-hybridized carbons (Fsp3) is 0.357. The highest BCUT2D eigenvalue weighted by molar-refractivity contribution is 9.10. The summed E-state index contributed by atoms with van der Waals surface area (Å²) in [5.74, 6) is -1.96. The van der Waals surface area contributed by atoms with Crippen LogP contribution in [0.2, 0.25) is 0 Å². The number of halogens is 1. The molecule has 0 aliphatic carbocycles. The fourth-order valence-corrected chi connectivity index (χ4v) is 1.81. The molecule has 5 nitrogen and oxygen atoms in total. The lowest BCUT2D eigenvalue weighted by Gasteiger charge is -2.10. The topological polar surface area (TPSA) is 72.5 Å². The molecular formula is C14H16BrNO4. The fourth-order valence-electron chi connectivity index (χ4n) is 1.47. The third-order valence-electron chi connectivity index (χ3n) is 2.37. The smallest absolute Gasteiger partial charge is 0.402 e. The largest absolute Gasteiger partial charge is 0.419 e. The highest BCUT2D eigenvalue weighted by Crippen LogP contribution is 2.25. The lowest BCUT2D eigenvalue weighted by molar-refractivity contribution is -0.148. The Morgan fingerprint density at radius 3 is 2.50 bits per heavy atom. The van der Waals surface area contributed by atoms with Crippen molar-refractivity contribution in [3.8, 4) is 5.75 Å². The molecule has 108 valence electrons. The molecule has 0 aliphatic heterocycles. The lowest BCUT2D eigenvalue weighted by Crippen LogP contribution is -2.38. The van der Waals surface area contributed by atoms with Crippen LogP contribution in [0, 0.1) is 0 Å². The van der Waals surface area contributed by atoms with Crippen LogP contribution >= 0.6 is 15.9 Å². The van der Waals surface area contributed by atoms with Gasteiger partial charge in [0.25, 0.3) is 0 Å². The van der Waals surface area contributed by atoms with E-state index < -0.39 is 11.9 Å². The maximum Gasteiger partial charge on any atom is 0.402 e. The van der Waals surface area contributed by atoms with Gasteiger partial charge in [-0.3, -0.25) is 9.59 Å². The Hall–Kier alpha value is -1.69. The number of esters is 1. The monoisotopic (exact) mass is 341 g/mol.